The largest absolute Gasteiger partial charge is 0.416 e. The molecule has 24 heavy (non-hydrogen) atoms. The molecule has 1 aromatic carbocycles. The Kier molecular flexibility index (Phi) is 4.04. The Bertz CT molecular complexity index is 786. The molecule has 0 bridgehead atoms. The number of aryl methyl sites for hydroxylation is 1. The van der Waals surface area contributed by atoms with Gasteiger partial charge in [-0.15, -0.1) is 11.3 Å². The Morgan fingerprint density at radius 1 is 1.25 bits per heavy atom. The number of rotatable bonds is 3. The highest BCUT2D eigenvalue weighted by Crippen LogP contribution is 2.31. The van der Waals surface area contributed by atoms with Crippen molar-refractivity contribution < 1.29 is 22.8 Å². The molecule has 1 N–H and O–H groups in total. The first-order valence-corrected chi connectivity index (χ1v) is 7.83. The van der Waals surface area contributed by atoms with Crippen LogP contribution in [0.4, 0.5) is 18.0 Å². The molecular formula is C15H12F3N3O2S. The van der Waals surface area contributed by atoms with Crippen molar-refractivity contribution in [2.24, 2.45) is 0 Å². The van der Waals surface area contributed by atoms with Crippen LogP contribution in [0.5, 0.6) is 0 Å². The van der Waals surface area contributed by atoms with Crippen molar-refractivity contribution in [1.82, 2.24) is 15.2 Å². The predicted octanol–water partition coefficient (Wildman–Crippen LogP) is 3.26. The van der Waals surface area contributed by atoms with Gasteiger partial charge in [0.15, 0.2) is 0 Å². The average Bonchev–Trinajstić information content (AvgIpc) is 3.05. The normalized spacial score (nSPS) is 18.2. The van der Waals surface area contributed by atoms with Crippen molar-refractivity contribution in [3.05, 3.63) is 51.5 Å². The molecule has 3 rings (SSSR count). The Morgan fingerprint density at radius 2 is 1.92 bits per heavy atom. The van der Waals surface area contributed by atoms with E-state index in [0.717, 1.165) is 22.7 Å². The number of halogens is 3. The van der Waals surface area contributed by atoms with Gasteiger partial charge in [-0.2, -0.15) is 13.2 Å². The number of carbonyl (C=O) groups is 2. The van der Waals surface area contributed by atoms with E-state index < -0.39 is 29.7 Å². The van der Waals surface area contributed by atoms with Gasteiger partial charge in [-0.3, -0.25) is 9.69 Å². The zero-order valence-corrected chi connectivity index (χ0v) is 13.2. The van der Waals surface area contributed by atoms with E-state index in [1.54, 1.807) is 12.3 Å². The van der Waals surface area contributed by atoms with Crippen LogP contribution in [0.15, 0.2) is 29.6 Å². The van der Waals surface area contributed by atoms with Crippen molar-refractivity contribution in [2.75, 3.05) is 0 Å². The van der Waals surface area contributed by atoms with Gasteiger partial charge in [-0.1, -0.05) is 12.1 Å². The molecule has 1 saturated heterocycles. The number of alkyl halides is 3. The maximum absolute atomic E-state index is 12.6. The molecule has 126 valence electrons. The summed E-state index contributed by atoms with van der Waals surface area (Å²) in [7, 11) is 0. The third kappa shape index (κ3) is 3.12. The summed E-state index contributed by atoms with van der Waals surface area (Å²) in [6.07, 6.45) is -4.45. The number of benzene rings is 1. The van der Waals surface area contributed by atoms with E-state index in [4.69, 9.17) is 0 Å². The molecule has 2 heterocycles. The Morgan fingerprint density at radius 3 is 2.46 bits per heavy atom. The zero-order valence-electron chi connectivity index (χ0n) is 12.4. The molecule has 1 unspecified atom stereocenters. The topological polar surface area (TPSA) is 62.3 Å². The van der Waals surface area contributed by atoms with Crippen LogP contribution in [0, 0.1) is 6.92 Å². The zero-order chi connectivity index (χ0) is 17.5. The second-order valence-electron chi connectivity index (χ2n) is 5.31. The molecule has 1 atom stereocenters. The lowest BCUT2D eigenvalue weighted by atomic mass is 10.0. The Hall–Kier alpha value is -2.42. The standard InChI is InChI=1S/C15H12F3N3O2S/c1-8-7-24-11(19-8)6-21-13(22)12(20-14(21)23)9-2-4-10(5-3-9)15(16,17)18/h2-5,7,12H,6H2,1H3,(H,20,23). The van der Waals surface area contributed by atoms with Crippen LogP contribution in [0.3, 0.4) is 0 Å². The summed E-state index contributed by atoms with van der Waals surface area (Å²) < 4.78 is 37.8. The van der Waals surface area contributed by atoms with Crippen LogP contribution in [0.2, 0.25) is 0 Å². The lowest BCUT2D eigenvalue weighted by molar-refractivity contribution is -0.137. The van der Waals surface area contributed by atoms with Crippen LogP contribution in [-0.2, 0) is 17.5 Å². The van der Waals surface area contributed by atoms with E-state index in [-0.39, 0.29) is 6.54 Å². The number of thiazole rings is 1. The Labute approximate surface area is 139 Å². The van der Waals surface area contributed by atoms with E-state index in [1.807, 2.05) is 0 Å². The minimum absolute atomic E-state index is 0.0420. The number of carbonyl (C=O) groups excluding carboxylic acids is 2. The first-order valence-electron chi connectivity index (χ1n) is 6.96. The first-order chi connectivity index (χ1) is 11.3. The number of nitrogens with one attached hydrogen (secondary N) is 1. The highest BCUT2D eigenvalue weighted by atomic mass is 32.1. The molecule has 0 saturated carbocycles. The number of aromatic nitrogens is 1. The predicted molar refractivity (Wildman–Crippen MR) is 80.1 cm³/mol. The highest BCUT2D eigenvalue weighted by Gasteiger charge is 2.39. The van der Waals surface area contributed by atoms with E-state index in [2.05, 4.69) is 10.3 Å². The van der Waals surface area contributed by atoms with E-state index in [9.17, 15) is 22.8 Å². The number of hydrogen-bond donors (Lipinski definition) is 1. The SMILES string of the molecule is Cc1csc(CN2C(=O)NC(c3ccc(C(F)(F)F)cc3)C2=O)n1. The number of hydrogen-bond acceptors (Lipinski definition) is 4. The van der Waals surface area contributed by atoms with Crippen LogP contribution >= 0.6 is 11.3 Å². The van der Waals surface area contributed by atoms with E-state index in [1.165, 1.54) is 23.5 Å². The second kappa shape index (κ2) is 5.90. The fourth-order valence-corrected chi connectivity index (χ4v) is 3.13. The van der Waals surface area contributed by atoms with Gasteiger partial charge in [0, 0.05) is 11.1 Å². The van der Waals surface area contributed by atoms with Gasteiger partial charge in [-0.25, -0.2) is 9.78 Å². The molecule has 0 spiro atoms. The quantitative estimate of drug-likeness (QED) is 0.860. The molecule has 3 amide bonds. The minimum Gasteiger partial charge on any atom is -0.322 e. The third-order valence-corrected chi connectivity index (χ3v) is 4.51. The van der Waals surface area contributed by atoms with Crippen molar-refractivity contribution >= 4 is 23.3 Å². The molecular weight excluding hydrogens is 343 g/mol. The molecule has 1 fully saturated rings. The number of urea groups is 1. The summed E-state index contributed by atoms with van der Waals surface area (Å²) in [5, 5.41) is 4.91. The van der Waals surface area contributed by atoms with Gasteiger partial charge in [0.05, 0.1) is 12.1 Å². The van der Waals surface area contributed by atoms with Crippen molar-refractivity contribution in [2.45, 2.75) is 25.7 Å². The van der Waals surface area contributed by atoms with Crippen LogP contribution in [0.25, 0.3) is 0 Å². The van der Waals surface area contributed by atoms with Gasteiger partial charge >= 0.3 is 12.2 Å². The smallest absolute Gasteiger partial charge is 0.322 e. The molecule has 1 aliphatic rings. The molecule has 5 nitrogen and oxygen atoms in total. The maximum atomic E-state index is 12.6. The summed E-state index contributed by atoms with van der Waals surface area (Å²) in [4.78, 5) is 29.6. The maximum Gasteiger partial charge on any atom is 0.416 e. The Balaban J connectivity index is 1.78. The van der Waals surface area contributed by atoms with Crippen molar-refractivity contribution in [1.29, 1.82) is 0 Å². The monoisotopic (exact) mass is 355 g/mol. The lowest BCUT2D eigenvalue weighted by Crippen LogP contribution is -2.30. The van der Waals surface area contributed by atoms with Crippen molar-refractivity contribution in [3.63, 3.8) is 0 Å². The third-order valence-electron chi connectivity index (χ3n) is 3.56. The van der Waals surface area contributed by atoms with Crippen LogP contribution in [0.1, 0.15) is 27.9 Å². The second-order valence-corrected chi connectivity index (χ2v) is 6.25. The van der Waals surface area contributed by atoms with E-state index in [0.29, 0.717) is 10.6 Å². The molecule has 0 aliphatic carbocycles. The van der Waals surface area contributed by atoms with Gasteiger partial charge in [0.1, 0.15) is 11.0 Å². The van der Waals surface area contributed by atoms with Gasteiger partial charge in [0.25, 0.3) is 5.91 Å². The first kappa shape index (κ1) is 16.4. The number of imide groups is 1. The highest BCUT2D eigenvalue weighted by molar-refractivity contribution is 7.09. The van der Waals surface area contributed by atoms with Crippen LogP contribution in [-0.4, -0.2) is 21.8 Å². The summed E-state index contributed by atoms with van der Waals surface area (Å²) in [6, 6.07) is 2.60. The average molecular weight is 355 g/mol. The molecule has 9 heteroatoms. The minimum atomic E-state index is -4.45. The summed E-state index contributed by atoms with van der Waals surface area (Å²) >= 11 is 1.33. The lowest BCUT2D eigenvalue weighted by Gasteiger charge is -2.12. The number of nitrogens with zero attached hydrogens (tertiary/aromatic N) is 2. The van der Waals surface area contributed by atoms with Gasteiger partial charge in [0.2, 0.25) is 0 Å². The van der Waals surface area contributed by atoms with Crippen LogP contribution < -0.4 is 5.32 Å². The summed E-state index contributed by atoms with van der Waals surface area (Å²) in [5.41, 5.74) is 0.290. The summed E-state index contributed by atoms with van der Waals surface area (Å²) in [6.45, 7) is 1.84. The van der Waals surface area contributed by atoms with Gasteiger partial charge < -0.3 is 5.32 Å². The molecule has 0 radical (unpaired) electrons. The molecule has 2 aromatic rings. The molecule has 1 aliphatic heterocycles. The molecule has 1 aromatic heterocycles. The van der Waals surface area contributed by atoms with Crippen molar-refractivity contribution in [3.8, 4) is 0 Å². The fourth-order valence-electron chi connectivity index (χ4n) is 2.37. The van der Waals surface area contributed by atoms with E-state index >= 15 is 0 Å². The summed E-state index contributed by atoms with van der Waals surface area (Å²) in [5.74, 6) is -0.507. The van der Waals surface area contributed by atoms with Gasteiger partial charge in [-0.05, 0) is 24.6 Å². The fraction of sp³-hybridized carbons (Fsp3) is 0.267. The number of amides is 3.